The molecule has 3 nitrogen and oxygen atoms in total. The molecule has 0 saturated carbocycles. The molecule has 2 atom stereocenters. The molecule has 2 aliphatic rings. The van der Waals surface area contributed by atoms with Gasteiger partial charge >= 0.3 is 0 Å². The quantitative estimate of drug-likeness (QED) is 0.802. The molecule has 0 aromatic carbocycles. The van der Waals surface area contributed by atoms with E-state index in [9.17, 15) is 4.79 Å². The number of carbonyl (C=O) groups is 1. The minimum absolute atomic E-state index is 0.346. The Bertz CT molecular complexity index is 241. The molecule has 2 aliphatic heterocycles. The third-order valence-corrected chi connectivity index (χ3v) is 4.75. The van der Waals surface area contributed by atoms with Crippen LogP contribution in [0.2, 0.25) is 0 Å². The lowest BCUT2D eigenvalue weighted by molar-refractivity contribution is -0.132. The van der Waals surface area contributed by atoms with Crippen LogP contribution in [-0.2, 0) is 4.79 Å². The van der Waals surface area contributed by atoms with Crippen molar-refractivity contribution in [3.8, 4) is 0 Å². The van der Waals surface area contributed by atoms with Gasteiger partial charge in [0.1, 0.15) is 0 Å². The standard InChI is InChI=1S/C12H22N2OS/c1-10-5-6-13-11(16-10)9-12(15)14-7-3-2-4-8-14/h10-11,13H,2-9H2,1H3. The molecule has 0 aliphatic carbocycles. The van der Waals surface area contributed by atoms with Crippen molar-refractivity contribution in [1.29, 1.82) is 0 Å². The second-order valence-electron chi connectivity index (χ2n) is 4.82. The van der Waals surface area contributed by atoms with E-state index in [-0.39, 0.29) is 0 Å². The van der Waals surface area contributed by atoms with Crippen molar-refractivity contribution >= 4 is 17.7 Å². The molecule has 1 amide bonds. The van der Waals surface area contributed by atoms with Crippen LogP contribution in [0.1, 0.15) is 39.0 Å². The Morgan fingerprint density at radius 1 is 1.38 bits per heavy atom. The highest BCUT2D eigenvalue weighted by Gasteiger charge is 2.24. The number of rotatable bonds is 2. The summed E-state index contributed by atoms with van der Waals surface area (Å²) in [6, 6.07) is 0. The first-order chi connectivity index (χ1) is 7.75. The van der Waals surface area contributed by atoms with Crippen LogP contribution >= 0.6 is 11.8 Å². The average Bonchev–Trinajstić information content (AvgIpc) is 2.30. The second kappa shape index (κ2) is 5.92. The van der Waals surface area contributed by atoms with Gasteiger partial charge in [-0.1, -0.05) is 6.92 Å². The predicted octanol–water partition coefficient (Wildman–Crippen LogP) is 1.83. The molecule has 2 saturated heterocycles. The number of thioether (sulfide) groups is 1. The van der Waals surface area contributed by atoms with Gasteiger partial charge in [0, 0.05) is 18.3 Å². The van der Waals surface area contributed by atoms with Gasteiger partial charge in [-0.15, -0.1) is 11.8 Å². The molecule has 0 spiro atoms. The van der Waals surface area contributed by atoms with Gasteiger partial charge in [-0.3, -0.25) is 4.79 Å². The first-order valence-corrected chi connectivity index (χ1v) is 7.36. The van der Waals surface area contributed by atoms with Crippen molar-refractivity contribution in [3.05, 3.63) is 0 Å². The fraction of sp³-hybridized carbons (Fsp3) is 0.917. The van der Waals surface area contributed by atoms with Gasteiger partial charge in [-0.2, -0.15) is 0 Å². The number of hydrogen-bond acceptors (Lipinski definition) is 3. The lowest BCUT2D eigenvalue weighted by atomic mass is 10.1. The highest BCUT2D eigenvalue weighted by Crippen LogP contribution is 2.25. The Balaban J connectivity index is 1.77. The number of nitrogens with zero attached hydrogens (tertiary/aromatic N) is 1. The maximum absolute atomic E-state index is 12.0. The van der Waals surface area contributed by atoms with E-state index < -0.39 is 0 Å². The summed E-state index contributed by atoms with van der Waals surface area (Å²) in [5, 5.41) is 4.48. The third-order valence-electron chi connectivity index (χ3n) is 3.39. The lowest BCUT2D eigenvalue weighted by Crippen LogP contribution is -2.42. The zero-order valence-electron chi connectivity index (χ0n) is 10.1. The molecule has 2 heterocycles. The molecule has 92 valence electrons. The van der Waals surface area contributed by atoms with Crippen molar-refractivity contribution in [2.24, 2.45) is 0 Å². The van der Waals surface area contributed by atoms with Crippen molar-refractivity contribution in [1.82, 2.24) is 10.2 Å². The zero-order chi connectivity index (χ0) is 11.4. The van der Waals surface area contributed by atoms with E-state index in [0.29, 0.717) is 23.0 Å². The molecular weight excluding hydrogens is 220 g/mol. The summed E-state index contributed by atoms with van der Waals surface area (Å²) in [6.07, 6.45) is 5.56. The molecule has 2 unspecified atom stereocenters. The van der Waals surface area contributed by atoms with Crippen LogP contribution < -0.4 is 5.32 Å². The van der Waals surface area contributed by atoms with Crippen molar-refractivity contribution < 1.29 is 4.79 Å². The molecule has 0 aromatic heterocycles. The van der Waals surface area contributed by atoms with E-state index in [2.05, 4.69) is 12.2 Å². The summed E-state index contributed by atoms with van der Waals surface area (Å²) in [4.78, 5) is 14.1. The molecule has 2 fully saturated rings. The molecule has 0 radical (unpaired) electrons. The zero-order valence-corrected chi connectivity index (χ0v) is 10.9. The van der Waals surface area contributed by atoms with Gasteiger partial charge in [0.2, 0.25) is 5.91 Å². The Hall–Kier alpha value is -0.220. The number of piperidine rings is 1. The van der Waals surface area contributed by atoms with Crippen LogP contribution in [0.15, 0.2) is 0 Å². The fourth-order valence-corrected chi connectivity index (χ4v) is 3.66. The van der Waals surface area contributed by atoms with Crippen molar-refractivity contribution in [2.75, 3.05) is 19.6 Å². The summed E-state index contributed by atoms with van der Waals surface area (Å²) in [5.74, 6) is 0.346. The first kappa shape index (κ1) is 12.2. The SMILES string of the molecule is CC1CCNC(CC(=O)N2CCCCC2)S1. The summed E-state index contributed by atoms with van der Waals surface area (Å²) in [7, 11) is 0. The minimum atomic E-state index is 0.346. The topological polar surface area (TPSA) is 32.3 Å². The van der Waals surface area contributed by atoms with E-state index in [4.69, 9.17) is 0 Å². The van der Waals surface area contributed by atoms with Crippen LogP contribution in [0.5, 0.6) is 0 Å². The van der Waals surface area contributed by atoms with E-state index >= 15 is 0 Å². The molecule has 1 N–H and O–H groups in total. The molecule has 0 aromatic rings. The number of amides is 1. The molecule has 16 heavy (non-hydrogen) atoms. The number of likely N-dealkylation sites (tertiary alicyclic amines) is 1. The highest BCUT2D eigenvalue weighted by atomic mass is 32.2. The van der Waals surface area contributed by atoms with E-state index in [1.165, 1.54) is 25.7 Å². The number of nitrogens with one attached hydrogen (secondary N) is 1. The van der Waals surface area contributed by atoms with Gasteiger partial charge in [0.25, 0.3) is 0 Å². The molecule has 0 bridgehead atoms. The lowest BCUT2D eigenvalue weighted by Gasteiger charge is -2.31. The Labute approximate surface area is 102 Å². The van der Waals surface area contributed by atoms with Gasteiger partial charge in [0.05, 0.1) is 11.8 Å². The minimum Gasteiger partial charge on any atom is -0.343 e. The fourth-order valence-electron chi connectivity index (χ4n) is 2.40. The van der Waals surface area contributed by atoms with E-state index in [1.54, 1.807) is 0 Å². The smallest absolute Gasteiger partial charge is 0.225 e. The largest absolute Gasteiger partial charge is 0.343 e. The summed E-state index contributed by atoms with van der Waals surface area (Å²) in [5.41, 5.74) is 0. The van der Waals surface area contributed by atoms with E-state index in [0.717, 1.165) is 19.6 Å². The average molecular weight is 242 g/mol. The van der Waals surface area contributed by atoms with Crippen LogP contribution in [0, 0.1) is 0 Å². The van der Waals surface area contributed by atoms with E-state index in [1.807, 2.05) is 16.7 Å². The van der Waals surface area contributed by atoms with Crippen LogP contribution in [0.25, 0.3) is 0 Å². The van der Waals surface area contributed by atoms with Crippen molar-refractivity contribution in [3.63, 3.8) is 0 Å². The number of carbonyl (C=O) groups excluding carboxylic acids is 1. The van der Waals surface area contributed by atoms with Gasteiger partial charge in [-0.05, 0) is 32.2 Å². The van der Waals surface area contributed by atoms with Gasteiger partial charge < -0.3 is 10.2 Å². The van der Waals surface area contributed by atoms with Crippen LogP contribution in [0.3, 0.4) is 0 Å². The third kappa shape index (κ3) is 3.39. The van der Waals surface area contributed by atoms with Crippen LogP contribution in [-0.4, -0.2) is 41.1 Å². The summed E-state index contributed by atoms with van der Waals surface area (Å²) in [6.45, 7) is 5.27. The Morgan fingerprint density at radius 2 is 2.12 bits per heavy atom. The first-order valence-electron chi connectivity index (χ1n) is 6.42. The number of hydrogen-bond donors (Lipinski definition) is 1. The molecule has 4 heteroatoms. The van der Waals surface area contributed by atoms with Crippen LogP contribution in [0.4, 0.5) is 0 Å². The Kier molecular flexibility index (Phi) is 4.53. The maximum Gasteiger partial charge on any atom is 0.225 e. The molecular formula is C12H22N2OS. The Morgan fingerprint density at radius 3 is 2.81 bits per heavy atom. The predicted molar refractivity (Wildman–Crippen MR) is 68.5 cm³/mol. The maximum atomic E-state index is 12.0. The molecule has 2 rings (SSSR count). The monoisotopic (exact) mass is 242 g/mol. The normalized spacial score (nSPS) is 31.4. The highest BCUT2D eigenvalue weighted by molar-refractivity contribution is 8.00. The second-order valence-corrected chi connectivity index (χ2v) is 6.47. The summed E-state index contributed by atoms with van der Waals surface area (Å²) < 4.78 is 0. The van der Waals surface area contributed by atoms with Gasteiger partial charge in [0.15, 0.2) is 0 Å². The van der Waals surface area contributed by atoms with Gasteiger partial charge in [-0.25, -0.2) is 0 Å². The van der Waals surface area contributed by atoms with Crippen molar-refractivity contribution in [2.45, 2.75) is 49.7 Å². The summed E-state index contributed by atoms with van der Waals surface area (Å²) >= 11 is 1.92.